The van der Waals surface area contributed by atoms with E-state index in [2.05, 4.69) is 0 Å². The van der Waals surface area contributed by atoms with E-state index in [4.69, 9.17) is 10.2 Å². The number of benzene rings is 2. The smallest absolute Gasteiger partial charge is 0.267 e. The van der Waals surface area contributed by atoms with Crippen LogP contribution in [0.4, 0.5) is 0 Å². The maximum atomic E-state index is 13.0. The summed E-state index contributed by atoms with van der Waals surface area (Å²) < 4.78 is 22.7. The number of rotatable bonds is 8. The topological polar surface area (TPSA) is 118 Å². The number of hydrogen-bond donors (Lipinski definition) is 2. The minimum Gasteiger partial charge on any atom is -0.396 e. The van der Waals surface area contributed by atoms with E-state index in [1.807, 2.05) is 6.07 Å². The minimum absolute atomic E-state index is 0.00490. The molecule has 0 unspecified atom stereocenters. The number of imide groups is 1. The van der Waals surface area contributed by atoms with E-state index in [-0.39, 0.29) is 29.9 Å². The number of nitrogens with zero attached hydrogens (tertiary/aromatic N) is 1. The third kappa shape index (κ3) is 4.76. The summed E-state index contributed by atoms with van der Waals surface area (Å²) in [7, 11) is -3.77. The van der Waals surface area contributed by atoms with E-state index in [1.54, 1.807) is 36.4 Å². The highest BCUT2D eigenvalue weighted by atomic mass is 32.2. The number of thioether (sulfide) groups is 1. The fourth-order valence-electron chi connectivity index (χ4n) is 2.98. The minimum atomic E-state index is -3.77. The van der Waals surface area contributed by atoms with Gasteiger partial charge in [0.05, 0.1) is 22.0 Å². The lowest BCUT2D eigenvalue weighted by molar-refractivity contribution is -0.136. The highest BCUT2D eigenvalue weighted by Crippen LogP contribution is 2.35. The van der Waals surface area contributed by atoms with Gasteiger partial charge in [-0.3, -0.25) is 14.5 Å². The molecule has 1 heterocycles. The van der Waals surface area contributed by atoms with Gasteiger partial charge < -0.3 is 5.11 Å². The lowest BCUT2D eigenvalue weighted by Gasteiger charge is -2.15. The molecule has 0 aliphatic carbocycles. The van der Waals surface area contributed by atoms with Crippen LogP contribution < -0.4 is 5.14 Å². The van der Waals surface area contributed by atoms with Crippen LogP contribution in [0.1, 0.15) is 11.1 Å². The lowest BCUT2D eigenvalue weighted by atomic mass is 10.1. The van der Waals surface area contributed by atoms with Crippen LogP contribution in [0.3, 0.4) is 0 Å². The second-order valence-corrected chi connectivity index (χ2v) is 9.01. The van der Waals surface area contributed by atoms with E-state index in [0.29, 0.717) is 28.2 Å². The monoisotopic (exact) mass is 432 g/mol. The van der Waals surface area contributed by atoms with Gasteiger partial charge in [-0.2, -0.15) is 0 Å². The molecule has 0 radical (unpaired) electrons. The largest absolute Gasteiger partial charge is 0.396 e. The Morgan fingerprint density at radius 3 is 2.21 bits per heavy atom. The first kappa shape index (κ1) is 21.3. The molecular formula is C20H20N2O5S2. The van der Waals surface area contributed by atoms with Gasteiger partial charge in [-0.1, -0.05) is 42.5 Å². The predicted octanol–water partition coefficient (Wildman–Crippen LogP) is 1.38. The fraction of sp³-hybridized carbons (Fsp3) is 0.200. The summed E-state index contributed by atoms with van der Waals surface area (Å²) in [6, 6.07) is 15.0. The Balaban J connectivity index is 1.79. The number of amides is 2. The van der Waals surface area contributed by atoms with Crippen molar-refractivity contribution in [1.82, 2.24) is 4.90 Å². The SMILES string of the molecule is NS(=O)(=O)c1ccc(CCN2C(=O)C(SCCO)=C(c3ccccc3)C2=O)cc1. The zero-order chi connectivity index (χ0) is 21.0. The molecule has 152 valence electrons. The predicted molar refractivity (Wildman–Crippen MR) is 111 cm³/mol. The standard InChI is InChI=1S/C20H20N2O5S2/c21-29(26,27)16-8-6-14(7-9-16)10-11-22-19(24)17(15-4-2-1-3-5-15)18(20(22)25)28-13-12-23/h1-9,23H,10-13H2,(H2,21,26,27). The molecule has 0 aromatic heterocycles. The second-order valence-electron chi connectivity index (χ2n) is 6.34. The maximum absolute atomic E-state index is 13.0. The summed E-state index contributed by atoms with van der Waals surface area (Å²) in [5.74, 6) is -0.440. The number of aliphatic hydroxyl groups is 1. The number of aliphatic hydroxyl groups excluding tert-OH is 1. The van der Waals surface area contributed by atoms with Crippen molar-refractivity contribution in [3.05, 3.63) is 70.6 Å². The zero-order valence-corrected chi connectivity index (χ0v) is 17.1. The van der Waals surface area contributed by atoms with E-state index in [0.717, 1.165) is 5.56 Å². The van der Waals surface area contributed by atoms with Crippen molar-refractivity contribution >= 4 is 39.2 Å². The van der Waals surface area contributed by atoms with Gasteiger partial charge >= 0.3 is 0 Å². The third-order valence-electron chi connectivity index (χ3n) is 4.40. The van der Waals surface area contributed by atoms with Crippen molar-refractivity contribution in [2.24, 2.45) is 5.14 Å². The second kappa shape index (κ2) is 8.91. The first-order valence-electron chi connectivity index (χ1n) is 8.84. The van der Waals surface area contributed by atoms with Gasteiger partial charge in [-0.05, 0) is 29.7 Å². The molecule has 2 aromatic carbocycles. The van der Waals surface area contributed by atoms with Crippen molar-refractivity contribution < 1.29 is 23.1 Å². The number of nitrogens with two attached hydrogens (primary N) is 1. The highest BCUT2D eigenvalue weighted by Gasteiger charge is 2.38. The Bertz CT molecular complexity index is 1050. The molecule has 2 amide bonds. The first-order chi connectivity index (χ1) is 13.8. The number of sulfonamides is 1. The van der Waals surface area contributed by atoms with Crippen molar-refractivity contribution in [2.75, 3.05) is 18.9 Å². The number of hydrogen-bond acceptors (Lipinski definition) is 6. The third-order valence-corrected chi connectivity index (χ3v) is 6.38. The summed E-state index contributed by atoms with van der Waals surface area (Å²) in [6.45, 7) is 0.0556. The summed E-state index contributed by atoms with van der Waals surface area (Å²) in [5, 5.41) is 14.2. The number of carbonyl (C=O) groups excluding carboxylic acids is 2. The van der Waals surface area contributed by atoms with E-state index < -0.39 is 10.0 Å². The van der Waals surface area contributed by atoms with Gasteiger partial charge in [0.15, 0.2) is 0 Å². The van der Waals surface area contributed by atoms with Gasteiger partial charge in [0.25, 0.3) is 11.8 Å². The Labute approximate surface area is 173 Å². The summed E-state index contributed by atoms with van der Waals surface area (Å²) >= 11 is 1.17. The molecule has 1 aliphatic rings. The first-order valence-corrected chi connectivity index (χ1v) is 11.4. The Morgan fingerprint density at radius 1 is 0.966 bits per heavy atom. The van der Waals surface area contributed by atoms with E-state index >= 15 is 0 Å². The van der Waals surface area contributed by atoms with Crippen molar-refractivity contribution in [1.29, 1.82) is 0 Å². The molecule has 3 N–H and O–H groups in total. The van der Waals surface area contributed by atoms with Gasteiger partial charge in [-0.15, -0.1) is 11.8 Å². The van der Waals surface area contributed by atoms with Gasteiger partial charge in [0.2, 0.25) is 10.0 Å². The van der Waals surface area contributed by atoms with Gasteiger partial charge in [-0.25, -0.2) is 13.6 Å². The summed E-state index contributed by atoms with van der Waals surface area (Å²) in [6.07, 6.45) is 0.377. The molecule has 0 atom stereocenters. The Morgan fingerprint density at radius 2 is 1.62 bits per heavy atom. The van der Waals surface area contributed by atoms with Crippen LogP contribution in [0.15, 0.2) is 64.4 Å². The summed E-state index contributed by atoms with van der Waals surface area (Å²) in [4.78, 5) is 27.4. The fourth-order valence-corrected chi connectivity index (χ4v) is 4.38. The van der Waals surface area contributed by atoms with Crippen LogP contribution in [0, 0.1) is 0 Å². The number of carbonyl (C=O) groups is 2. The van der Waals surface area contributed by atoms with Crippen molar-refractivity contribution in [3.8, 4) is 0 Å². The van der Waals surface area contributed by atoms with Gasteiger partial charge in [0, 0.05) is 12.3 Å². The van der Waals surface area contributed by atoms with Crippen LogP contribution in [0.5, 0.6) is 0 Å². The quantitative estimate of drug-likeness (QED) is 0.609. The van der Waals surface area contributed by atoms with Crippen LogP contribution in [-0.4, -0.2) is 49.1 Å². The average molecular weight is 433 g/mol. The molecule has 3 rings (SSSR count). The lowest BCUT2D eigenvalue weighted by Crippen LogP contribution is -2.33. The van der Waals surface area contributed by atoms with Crippen LogP contribution in [0.2, 0.25) is 0 Å². The highest BCUT2D eigenvalue weighted by molar-refractivity contribution is 8.04. The Hall–Kier alpha value is -2.46. The van der Waals surface area contributed by atoms with Crippen LogP contribution in [-0.2, 0) is 26.0 Å². The molecular weight excluding hydrogens is 412 g/mol. The van der Waals surface area contributed by atoms with Crippen molar-refractivity contribution in [3.63, 3.8) is 0 Å². The van der Waals surface area contributed by atoms with E-state index in [1.165, 1.54) is 28.8 Å². The van der Waals surface area contributed by atoms with E-state index in [9.17, 15) is 18.0 Å². The molecule has 7 nitrogen and oxygen atoms in total. The van der Waals surface area contributed by atoms with Crippen molar-refractivity contribution in [2.45, 2.75) is 11.3 Å². The Kier molecular flexibility index (Phi) is 6.53. The molecule has 2 aromatic rings. The van der Waals surface area contributed by atoms with Crippen LogP contribution >= 0.6 is 11.8 Å². The average Bonchev–Trinajstić information content (AvgIpc) is 2.94. The maximum Gasteiger partial charge on any atom is 0.267 e. The normalized spacial score (nSPS) is 14.8. The number of primary sulfonamides is 1. The van der Waals surface area contributed by atoms with Gasteiger partial charge in [0.1, 0.15) is 0 Å². The molecule has 0 saturated heterocycles. The molecule has 9 heteroatoms. The molecule has 1 aliphatic heterocycles. The molecule has 0 saturated carbocycles. The summed E-state index contributed by atoms with van der Waals surface area (Å²) in [5.41, 5.74) is 1.78. The molecule has 0 spiro atoms. The molecule has 29 heavy (non-hydrogen) atoms. The zero-order valence-electron chi connectivity index (χ0n) is 15.4. The van der Waals surface area contributed by atoms with Crippen LogP contribution in [0.25, 0.3) is 5.57 Å². The molecule has 0 bridgehead atoms. The molecule has 0 fully saturated rings.